The first-order chi connectivity index (χ1) is 8.81. The third-order valence-corrected chi connectivity index (χ3v) is 4.92. The summed E-state index contributed by atoms with van der Waals surface area (Å²) >= 11 is 2.08. The molecule has 1 aromatic carbocycles. The molecule has 0 aromatic heterocycles. The standard InChI is InChI=1S/C15H23NOS/c1-12-14(8-5-11-18-12)16-15-7-4-3-6-13(15)9-10-17-2/h3-4,6-7,12,14,16H,5,8-11H2,1-2H3. The first kappa shape index (κ1) is 13.8. The second kappa shape index (κ2) is 7.05. The predicted octanol–water partition coefficient (Wildman–Crippen LogP) is 3.57. The van der Waals surface area contributed by atoms with Crippen molar-refractivity contribution in [2.24, 2.45) is 0 Å². The Bertz CT molecular complexity index is 369. The van der Waals surface area contributed by atoms with Gasteiger partial charge in [0.2, 0.25) is 0 Å². The second-order valence-electron chi connectivity index (χ2n) is 4.87. The summed E-state index contributed by atoms with van der Waals surface area (Å²) in [5.74, 6) is 1.31. The zero-order chi connectivity index (χ0) is 12.8. The minimum Gasteiger partial charge on any atom is -0.384 e. The van der Waals surface area contributed by atoms with Gasteiger partial charge in [0.05, 0.1) is 6.61 Å². The fourth-order valence-corrected chi connectivity index (χ4v) is 3.55. The molecule has 1 aromatic rings. The molecule has 1 N–H and O–H groups in total. The smallest absolute Gasteiger partial charge is 0.0503 e. The summed E-state index contributed by atoms with van der Waals surface area (Å²) in [5, 5.41) is 4.43. The number of ether oxygens (including phenoxy) is 1. The molecule has 3 heteroatoms. The van der Waals surface area contributed by atoms with Crippen molar-refractivity contribution in [1.82, 2.24) is 0 Å². The van der Waals surface area contributed by atoms with E-state index in [0.29, 0.717) is 11.3 Å². The van der Waals surface area contributed by atoms with E-state index in [-0.39, 0.29) is 0 Å². The van der Waals surface area contributed by atoms with Gasteiger partial charge in [-0.3, -0.25) is 0 Å². The Morgan fingerprint density at radius 3 is 3.00 bits per heavy atom. The molecule has 1 saturated heterocycles. The van der Waals surface area contributed by atoms with Crippen LogP contribution in [0.15, 0.2) is 24.3 Å². The van der Waals surface area contributed by atoms with Crippen LogP contribution in [0.25, 0.3) is 0 Å². The van der Waals surface area contributed by atoms with E-state index in [1.807, 2.05) is 0 Å². The van der Waals surface area contributed by atoms with Gasteiger partial charge in [-0.2, -0.15) is 11.8 Å². The quantitative estimate of drug-likeness (QED) is 0.879. The van der Waals surface area contributed by atoms with Crippen LogP contribution in [0.1, 0.15) is 25.3 Å². The van der Waals surface area contributed by atoms with Crippen molar-refractivity contribution in [3.05, 3.63) is 29.8 Å². The molecule has 100 valence electrons. The first-order valence-electron chi connectivity index (χ1n) is 6.76. The summed E-state index contributed by atoms with van der Waals surface area (Å²) in [7, 11) is 1.76. The van der Waals surface area contributed by atoms with Crippen molar-refractivity contribution in [3.63, 3.8) is 0 Å². The Morgan fingerprint density at radius 2 is 2.22 bits per heavy atom. The second-order valence-corrected chi connectivity index (χ2v) is 6.35. The molecule has 0 aliphatic carbocycles. The highest BCUT2D eigenvalue weighted by molar-refractivity contribution is 8.00. The van der Waals surface area contributed by atoms with E-state index in [9.17, 15) is 0 Å². The summed E-state index contributed by atoms with van der Waals surface area (Å²) in [6.07, 6.45) is 3.59. The number of para-hydroxylation sites is 1. The van der Waals surface area contributed by atoms with Crippen molar-refractivity contribution in [2.75, 3.05) is 24.8 Å². The number of methoxy groups -OCH3 is 1. The summed E-state index contributed by atoms with van der Waals surface area (Å²) in [6, 6.07) is 9.21. The van der Waals surface area contributed by atoms with Gasteiger partial charge in [0.15, 0.2) is 0 Å². The van der Waals surface area contributed by atoms with E-state index in [1.54, 1.807) is 7.11 Å². The lowest BCUT2D eigenvalue weighted by atomic mass is 10.1. The van der Waals surface area contributed by atoms with Crippen LogP contribution in [0.4, 0.5) is 5.69 Å². The van der Waals surface area contributed by atoms with Gasteiger partial charge in [0.25, 0.3) is 0 Å². The SMILES string of the molecule is COCCc1ccccc1NC1CCCSC1C. The summed E-state index contributed by atoms with van der Waals surface area (Å²) in [4.78, 5) is 0. The molecule has 2 unspecified atom stereocenters. The molecular weight excluding hydrogens is 242 g/mol. The minimum atomic E-state index is 0.604. The molecule has 1 aliphatic heterocycles. The van der Waals surface area contributed by atoms with E-state index in [4.69, 9.17) is 4.74 Å². The molecule has 1 heterocycles. The number of hydrogen-bond donors (Lipinski definition) is 1. The molecule has 1 aliphatic rings. The van der Waals surface area contributed by atoms with E-state index in [1.165, 1.54) is 29.8 Å². The van der Waals surface area contributed by atoms with Gasteiger partial charge in [0, 0.05) is 24.1 Å². The molecule has 0 radical (unpaired) electrons. The maximum Gasteiger partial charge on any atom is 0.0503 e. The molecule has 18 heavy (non-hydrogen) atoms. The molecular formula is C15H23NOS. The van der Waals surface area contributed by atoms with Crippen LogP contribution in [-0.2, 0) is 11.2 Å². The molecule has 0 spiro atoms. The van der Waals surface area contributed by atoms with Crippen LogP contribution in [0.5, 0.6) is 0 Å². The molecule has 1 fully saturated rings. The van der Waals surface area contributed by atoms with Crippen LogP contribution in [0.2, 0.25) is 0 Å². The Hall–Kier alpha value is -0.670. The Morgan fingerprint density at radius 1 is 1.39 bits per heavy atom. The van der Waals surface area contributed by atoms with E-state index >= 15 is 0 Å². The lowest BCUT2D eigenvalue weighted by Crippen LogP contribution is -2.33. The minimum absolute atomic E-state index is 0.604. The van der Waals surface area contributed by atoms with Crippen molar-refractivity contribution < 1.29 is 4.74 Å². The van der Waals surface area contributed by atoms with Gasteiger partial charge in [-0.25, -0.2) is 0 Å². The topological polar surface area (TPSA) is 21.3 Å². The molecule has 0 bridgehead atoms. The van der Waals surface area contributed by atoms with Crippen LogP contribution >= 0.6 is 11.8 Å². The monoisotopic (exact) mass is 265 g/mol. The molecule has 2 nitrogen and oxygen atoms in total. The Labute approximate surface area is 114 Å². The number of benzene rings is 1. The maximum atomic E-state index is 5.18. The van der Waals surface area contributed by atoms with Gasteiger partial charge in [-0.15, -0.1) is 0 Å². The average molecular weight is 265 g/mol. The summed E-state index contributed by atoms with van der Waals surface area (Å²) in [5.41, 5.74) is 2.65. The molecule has 2 rings (SSSR count). The van der Waals surface area contributed by atoms with Crippen LogP contribution in [-0.4, -0.2) is 30.8 Å². The highest BCUT2D eigenvalue weighted by Crippen LogP contribution is 2.28. The van der Waals surface area contributed by atoms with Crippen LogP contribution < -0.4 is 5.32 Å². The third kappa shape index (κ3) is 3.66. The van der Waals surface area contributed by atoms with E-state index in [0.717, 1.165) is 13.0 Å². The van der Waals surface area contributed by atoms with Gasteiger partial charge in [-0.1, -0.05) is 25.1 Å². The summed E-state index contributed by atoms with van der Waals surface area (Å²) < 4.78 is 5.18. The van der Waals surface area contributed by atoms with Crippen LogP contribution in [0.3, 0.4) is 0 Å². The van der Waals surface area contributed by atoms with Crippen molar-refractivity contribution in [1.29, 1.82) is 0 Å². The van der Waals surface area contributed by atoms with Crippen molar-refractivity contribution in [2.45, 2.75) is 37.5 Å². The zero-order valence-corrected chi connectivity index (χ0v) is 12.1. The normalized spacial score (nSPS) is 23.9. The highest BCUT2D eigenvalue weighted by Gasteiger charge is 2.21. The largest absolute Gasteiger partial charge is 0.384 e. The van der Waals surface area contributed by atoms with Gasteiger partial charge >= 0.3 is 0 Å². The molecule has 0 saturated carbocycles. The highest BCUT2D eigenvalue weighted by atomic mass is 32.2. The Balaban J connectivity index is 2.03. The number of anilines is 1. The lowest BCUT2D eigenvalue weighted by Gasteiger charge is -2.30. The third-order valence-electron chi connectivity index (χ3n) is 3.54. The van der Waals surface area contributed by atoms with E-state index in [2.05, 4.69) is 48.3 Å². The summed E-state index contributed by atoms with van der Waals surface area (Å²) in [6.45, 7) is 3.12. The molecule has 0 amide bonds. The number of nitrogens with one attached hydrogen (secondary N) is 1. The number of rotatable bonds is 5. The Kier molecular flexibility index (Phi) is 5.39. The molecule has 2 atom stereocenters. The van der Waals surface area contributed by atoms with Gasteiger partial charge in [-0.05, 0) is 36.6 Å². The van der Waals surface area contributed by atoms with E-state index < -0.39 is 0 Å². The fraction of sp³-hybridized carbons (Fsp3) is 0.600. The average Bonchev–Trinajstić information content (AvgIpc) is 2.40. The van der Waals surface area contributed by atoms with Crippen molar-refractivity contribution >= 4 is 17.4 Å². The van der Waals surface area contributed by atoms with Gasteiger partial charge in [0.1, 0.15) is 0 Å². The number of thioether (sulfide) groups is 1. The predicted molar refractivity (Wildman–Crippen MR) is 80.6 cm³/mol. The first-order valence-corrected chi connectivity index (χ1v) is 7.81. The fourth-order valence-electron chi connectivity index (χ4n) is 2.40. The van der Waals surface area contributed by atoms with Crippen molar-refractivity contribution in [3.8, 4) is 0 Å². The zero-order valence-electron chi connectivity index (χ0n) is 11.3. The number of hydrogen-bond acceptors (Lipinski definition) is 3. The lowest BCUT2D eigenvalue weighted by molar-refractivity contribution is 0.202. The maximum absolute atomic E-state index is 5.18. The van der Waals surface area contributed by atoms with Crippen LogP contribution in [0, 0.1) is 0 Å². The van der Waals surface area contributed by atoms with Gasteiger partial charge < -0.3 is 10.1 Å².